The van der Waals surface area contributed by atoms with Crippen LogP contribution in [-0.4, -0.2) is 12.6 Å². The molecule has 0 aromatic heterocycles. The molecule has 4 nitrogen and oxygen atoms in total. The summed E-state index contributed by atoms with van der Waals surface area (Å²) in [5, 5.41) is 9.16. The van der Waals surface area contributed by atoms with Crippen molar-refractivity contribution in [2.75, 3.05) is 6.61 Å². The number of carbonyl (C=O) groups excluding carboxylic acids is 1. The number of ether oxygens (including phenoxy) is 2. The lowest BCUT2D eigenvalue weighted by molar-refractivity contribution is -0.142. The molecule has 0 saturated heterocycles. The highest BCUT2D eigenvalue weighted by molar-refractivity contribution is 6.32. The fraction of sp³-hybridized carbons (Fsp3) is 0.176. The smallest absolute Gasteiger partial charge is 0.310 e. The van der Waals surface area contributed by atoms with Gasteiger partial charge in [-0.05, 0) is 36.8 Å². The number of hydrogen-bond donors (Lipinski definition) is 0. The van der Waals surface area contributed by atoms with Gasteiger partial charge in [-0.2, -0.15) is 5.26 Å². The van der Waals surface area contributed by atoms with Crippen molar-refractivity contribution in [3.63, 3.8) is 0 Å². The maximum Gasteiger partial charge on any atom is 0.310 e. The molecule has 0 heterocycles. The zero-order chi connectivity index (χ0) is 16.8. The molecule has 0 N–H and O–H groups in total. The van der Waals surface area contributed by atoms with Crippen molar-refractivity contribution < 1.29 is 18.7 Å². The first-order chi connectivity index (χ1) is 11.0. The minimum atomic E-state index is -0.585. The molecule has 0 aliphatic rings. The molecule has 0 amide bonds. The number of halogens is 2. The SMILES string of the molecule is CCOC(=O)Cc1ccc(Cl)c(Oc2cc(F)cc(C#N)c2)c1. The third-order valence-corrected chi connectivity index (χ3v) is 3.19. The zero-order valence-corrected chi connectivity index (χ0v) is 13.1. The summed E-state index contributed by atoms with van der Waals surface area (Å²) in [4.78, 5) is 11.5. The van der Waals surface area contributed by atoms with E-state index < -0.39 is 5.82 Å². The molecule has 0 saturated carbocycles. The van der Waals surface area contributed by atoms with E-state index in [1.165, 1.54) is 6.07 Å². The first-order valence-electron chi connectivity index (χ1n) is 6.84. The minimum Gasteiger partial charge on any atom is -0.466 e. The number of nitriles is 1. The van der Waals surface area contributed by atoms with E-state index in [2.05, 4.69) is 0 Å². The van der Waals surface area contributed by atoms with Gasteiger partial charge in [-0.25, -0.2) is 4.39 Å². The molecule has 0 unspecified atom stereocenters. The lowest BCUT2D eigenvalue weighted by Gasteiger charge is -2.10. The number of hydrogen-bond acceptors (Lipinski definition) is 4. The quantitative estimate of drug-likeness (QED) is 0.767. The average Bonchev–Trinajstić information content (AvgIpc) is 2.50. The van der Waals surface area contributed by atoms with Gasteiger partial charge in [0.25, 0.3) is 0 Å². The molecule has 23 heavy (non-hydrogen) atoms. The van der Waals surface area contributed by atoms with Gasteiger partial charge in [0.2, 0.25) is 0 Å². The van der Waals surface area contributed by atoms with Crippen LogP contribution in [0.1, 0.15) is 18.1 Å². The van der Waals surface area contributed by atoms with E-state index in [0.29, 0.717) is 17.2 Å². The van der Waals surface area contributed by atoms with Crippen LogP contribution in [0.15, 0.2) is 36.4 Å². The van der Waals surface area contributed by atoms with E-state index in [1.807, 2.05) is 6.07 Å². The van der Waals surface area contributed by atoms with E-state index in [4.69, 9.17) is 26.3 Å². The summed E-state index contributed by atoms with van der Waals surface area (Å²) in [6.07, 6.45) is 0.0773. The van der Waals surface area contributed by atoms with Gasteiger partial charge in [0.15, 0.2) is 0 Å². The summed E-state index contributed by atoms with van der Waals surface area (Å²) in [6, 6.07) is 10.3. The predicted molar refractivity (Wildman–Crippen MR) is 83.0 cm³/mol. The molecule has 0 bridgehead atoms. The molecule has 0 radical (unpaired) electrons. The number of benzene rings is 2. The summed E-state index contributed by atoms with van der Waals surface area (Å²) in [7, 11) is 0. The molecule has 2 aromatic carbocycles. The molecular weight excluding hydrogens is 321 g/mol. The van der Waals surface area contributed by atoms with Crippen LogP contribution in [0.2, 0.25) is 5.02 Å². The Labute approximate surface area is 138 Å². The molecule has 2 rings (SSSR count). The highest BCUT2D eigenvalue weighted by atomic mass is 35.5. The third kappa shape index (κ3) is 4.70. The van der Waals surface area contributed by atoms with Crippen LogP contribution < -0.4 is 4.74 Å². The number of carbonyl (C=O) groups is 1. The Kier molecular flexibility index (Phi) is 5.56. The number of nitrogens with zero attached hydrogens (tertiary/aromatic N) is 1. The molecule has 0 spiro atoms. The summed E-state index contributed by atoms with van der Waals surface area (Å²) in [5.41, 5.74) is 0.790. The van der Waals surface area contributed by atoms with Gasteiger partial charge in [0.1, 0.15) is 17.3 Å². The minimum absolute atomic E-state index is 0.0773. The van der Waals surface area contributed by atoms with E-state index in [9.17, 15) is 9.18 Å². The van der Waals surface area contributed by atoms with E-state index in [1.54, 1.807) is 25.1 Å². The Bertz CT molecular complexity index is 771. The fourth-order valence-corrected chi connectivity index (χ4v) is 2.08. The highest BCUT2D eigenvalue weighted by Gasteiger charge is 2.10. The second-order valence-corrected chi connectivity index (χ2v) is 5.04. The Morgan fingerprint density at radius 1 is 1.30 bits per heavy atom. The monoisotopic (exact) mass is 333 g/mol. The maximum atomic E-state index is 13.4. The van der Waals surface area contributed by atoms with Crippen LogP contribution in [0.3, 0.4) is 0 Å². The van der Waals surface area contributed by atoms with Crippen molar-refractivity contribution in [3.8, 4) is 17.6 Å². The molecule has 0 aliphatic heterocycles. The summed E-state index contributed by atoms with van der Waals surface area (Å²) < 4.78 is 23.9. The van der Waals surface area contributed by atoms with Gasteiger partial charge in [0.05, 0.1) is 29.7 Å². The van der Waals surface area contributed by atoms with E-state index in [0.717, 1.165) is 12.1 Å². The topological polar surface area (TPSA) is 59.3 Å². The van der Waals surface area contributed by atoms with Gasteiger partial charge < -0.3 is 9.47 Å². The van der Waals surface area contributed by atoms with Gasteiger partial charge in [-0.15, -0.1) is 0 Å². The van der Waals surface area contributed by atoms with Crippen molar-refractivity contribution in [1.82, 2.24) is 0 Å². The predicted octanol–water partition coefficient (Wildman–Crippen LogP) is 4.25. The molecular formula is C17H13ClFNO3. The molecule has 6 heteroatoms. The lowest BCUT2D eigenvalue weighted by atomic mass is 10.1. The summed E-state index contributed by atoms with van der Waals surface area (Å²) >= 11 is 6.06. The van der Waals surface area contributed by atoms with Crippen molar-refractivity contribution in [2.24, 2.45) is 0 Å². The van der Waals surface area contributed by atoms with Crippen LogP contribution in [0.25, 0.3) is 0 Å². The lowest BCUT2D eigenvalue weighted by Crippen LogP contribution is -2.07. The summed E-state index contributed by atoms with van der Waals surface area (Å²) in [6.45, 7) is 2.03. The zero-order valence-electron chi connectivity index (χ0n) is 12.3. The Morgan fingerprint density at radius 3 is 2.78 bits per heavy atom. The summed E-state index contributed by atoms with van der Waals surface area (Å²) in [5.74, 6) is -0.532. The van der Waals surface area contributed by atoms with Crippen LogP contribution in [0, 0.1) is 17.1 Å². The van der Waals surface area contributed by atoms with Crippen molar-refractivity contribution in [2.45, 2.75) is 13.3 Å². The first-order valence-corrected chi connectivity index (χ1v) is 7.22. The van der Waals surface area contributed by atoms with Crippen molar-refractivity contribution >= 4 is 17.6 Å². The van der Waals surface area contributed by atoms with Crippen molar-refractivity contribution in [1.29, 1.82) is 5.26 Å². The molecule has 118 valence electrons. The second-order valence-electron chi connectivity index (χ2n) is 4.64. The number of esters is 1. The Morgan fingerprint density at radius 2 is 2.09 bits per heavy atom. The van der Waals surface area contributed by atoms with Gasteiger partial charge in [-0.3, -0.25) is 4.79 Å². The van der Waals surface area contributed by atoms with Crippen LogP contribution in [-0.2, 0) is 16.0 Å². The fourth-order valence-electron chi connectivity index (χ4n) is 1.93. The van der Waals surface area contributed by atoms with Crippen LogP contribution in [0.4, 0.5) is 4.39 Å². The maximum absolute atomic E-state index is 13.4. The Balaban J connectivity index is 2.24. The number of rotatable bonds is 5. The van der Waals surface area contributed by atoms with Crippen molar-refractivity contribution in [3.05, 3.63) is 58.4 Å². The van der Waals surface area contributed by atoms with Crippen LogP contribution in [0.5, 0.6) is 11.5 Å². The molecule has 2 aromatic rings. The first kappa shape index (κ1) is 16.8. The molecule has 0 fully saturated rings. The third-order valence-electron chi connectivity index (χ3n) is 2.88. The van der Waals surface area contributed by atoms with Crippen LogP contribution >= 0.6 is 11.6 Å². The molecule has 0 aliphatic carbocycles. The highest BCUT2D eigenvalue weighted by Crippen LogP contribution is 2.31. The van der Waals surface area contributed by atoms with Gasteiger partial charge in [-0.1, -0.05) is 17.7 Å². The van der Waals surface area contributed by atoms with Gasteiger partial charge in [0, 0.05) is 6.07 Å². The average molecular weight is 334 g/mol. The standard InChI is InChI=1S/C17H13ClFNO3/c1-2-22-17(21)8-11-3-4-15(18)16(7-11)23-14-6-12(10-20)5-13(19)9-14/h3-7,9H,2,8H2,1H3. The van der Waals surface area contributed by atoms with Gasteiger partial charge >= 0.3 is 5.97 Å². The largest absolute Gasteiger partial charge is 0.466 e. The molecule has 0 atom stereocenters. The van der Waals surface area contributed by atoms with E-state index >= 15 is 0 Å². The normalized spacial score (nSPS) is 10.0. The second kappa shape index (κ2) is 7.61. The van der Waals surface area contributed by atoms with E-state index in [-0.39, 0.29) is 29.5 Å². The Hall–Kier alpha value is -2.58.